The van der Waals surface area contributed by atoms with Crippen LogP contribution in [0, 0.1) is 19.3 Å². The zero-order chi connectivity index (χ0) is 15.6. The molecule has 2 rings (SSSR count). The molecule has 0 aliphatic carbocycles. The van der Waals surface area contributed by atoms with E-state index in [1.54, 1.807) is 31.2 Å². The zero-order valence-electron chi connectivity index (χ0n) is 10.9. The molecule has 0 fully saturated rings. The minimum Gasteiger partial charge on any atom is -0.477 e. The molecule has 1 atom stereocenters. The van der Waals surface area contributed by atoms with Gasteiger partial charge in [0.05, 0.1) is 16.3 Å². The number of aromatic carboxylic acids is 1. The highest BCUT2D eigenvalue weighted by molar-refractivity contribution is 7.81. The second-order valence-corrected chi connectivity index (χ2v) is 5.96. The van der Waals surface area contributed by atoms with Crippen molar-refractivity contribution < 1.29 is 18.7 Å². The minimum atomic E-state index is -2.42. The molecule has 1 aromatic carbocycles. The Balaban J connectivity index is 2.68. The first kappa shape index (κ1) is 15.3. The summed E-state index contributed by atoms with van der Waals surface area (Å²) in [4.78, 5) is 11.6. The van der Waals surface area contributed by atoms with Crippen molar-refractivity contribution in [3.8, 4) is 12.3 Å². The lowest BCUT2D eigenvalue weighted by Gasteiger charge is -2.21. The number of carboxylic acids is 1. The third-order valence-corrected chi connectivity index (χ3v) is 4.51. The average Bonchev–Trinajstić information content (AvgIpc) is 2.85. The first-order valence-corrected chi connectivity index (χ1v) is 7.64. The average molecular weight is 321 g/mol. The molecule has 0 aliphatic heterocycles. The number of carboxylic acid groups (broad SMARTS) is 1. The van der Waals surface area contributed by atoms with Crippen molar-refractivity contribution in [1.82, 2.24) is 0 Å². The number of para-hydroxylation sites is 1. The van der Waals surface area contributed by atoms with Crippen molar-refractivity contribution in [2.24, 2.45) is 0 Å². The number of hydrogen-bond acceptors (Lipinski definition) is 3. The Labute approximate surface area is 128 Å². The number of aryl methyl sites for hydroxylation is 1. The van der Waals surface area contributed by atoms with E-state index in [9.17, 15) is 18.7 Å². The molecule has 2 N–H and O–H groups in total. The SMILES string of the molecule is C#Cc1cc(N(c2ccccc2C)S(=O)O)c(C(=O)O)s1. The Morgan fingerprint density at radius 2 is 2.05 bits per heavy atom. The molecule has 0 amide bonds. The Morgan fingerprint density at radius 1 is 1.38 bits per heavy atom. The summed E-state index contributed by atoms with van der Waals surface area (Å²) in [6.07, 6.45) is 5.29. The van der Waals surface area contributed by atoms with Crippen LogP contribution in [0.3, 0.4) is 0 Å². The van der Waals surface area contributed by atoms with E-state index in [0.29, 0.717) is 10.6 Å². The molecular formula is C14H11NO4S2. The number of anilines is 2. The van der Waals surface area contributed by atoms with Crippen LogP contribution in [0.4, 0.5) is 11.4 Å². The van der Waals surface area contributed by atoms with Crippen molar-refractivity contribution in [3.63, 3.8) is 0 Å². The summed E-state index contributed by atoms with van der Waals surface area (Å²) < 4.78 is 22.4. The topological polar surface area (TPSA) is 77.8 Å². The van der Waals surface area contributed by atoms with Crippen molar-refractivity contribution in [2.75, 3.05) is 4.31 Å². The number of carbonyl (C=O) groups is 1. The predicted molar refractivity (Wildman–Crippen MR) is 83.3 cm³/mol. The van der Waals surface area contributed by atoms with Gasteiger partial charge in [-0.15, -0.1) is 17.8 Å². The van der Waals surface area contributed by atoms with Gasteiger partial charge in [0.15, 0.2) is 0 Å². The van der Waals surface area contributed by atoms with Crippen LogP contribution in [0.15, 0.2) is 30.3 Å². The third-order valence-electron chi connectivity index (χ3n) is 2.76. The molecular weight excluding hydrogens is 310 g/mol. The van der Waals surface area contributed by atoms with E-state index in [1.165, 1.54) is 6.07 Å². The van der Waals surface area contributed by atoms with Gasteiger partial charge in [-0.25, -0.2) is 13.3 Å². The maximum Gasteiger partial charge on any atom is 0.348 e. The second-order valence-electron chi connectivity index (χ2n) is 4.09. The summed E-state index contributed by atoms with van der Waals surface area (Å²) in [5.74, 6) is 1.16. The van der Waals surface area contributed by atoms with Gasteiger partial charge in [-0.1, -0.05) is 24.1 Å². The fourth-order valence-electron chi connectivity index (χ4n) is 1.85. The molecule has 0 spiro atoms. The highest BCUT2D eigenvalue weighted by atomic mass is 32.2. The van der Waals surface area contributed by atoms with Crippen LogP contribution >= 0.6 is 11.3 Å². The predicted octanol–water partition coefficient (Wildman–Crippen LogP) is 3.01. The number of rotatable bonds is 4. The molecule has 108 valence electrons. The molecule has 1 heterocycles. The summed E-state index contributed by atoms with van der Waals surface area (Å²) in [6.45, 7) is 1.77. The van der Waals surface area contributed by atoms with Crippen LogP contribution < -0.4 is 4.31 Å². The highest BCUT2D eigenvalue weighted by Gasteiger charge is 2.25. The standard InChI is InChI=1S/C14H11NO4S2/c1-3-10-8-12(13(20-10)14(16)17)15(21(18)19)11-7-5-4-6-9(11)2/h1,4-8H,2H3,(H,16,17)(H,18,19). The van der Waals surface area contributed by atoms with E-state index in [1.807, 2.05) is 0 Å². The Bertz CT molecular complexity index is 761. The molecule has 0 bridgehead atoms. The van der Waals surface area contributed by atoms with Gasteiger partial charge in [-0.2, -0.15) is 0 Å². The summed E-state index contributed by atoms with van der Waals surface area (Å²) in [7, 11) is 0. The Kier molecular flexibility index (Phi) is 4.43. The van der Waals surface area contributed by atoms with Gasteiger partial charge in [0.2, 0.25) is 0 Å². The van der Waals surface area contributed by atoms with Gasteiger partial charge < -0.3 is 5.11 Å². The first-order valence-electron chi connectivity index (χ1n) is 5.76. The lowest BCUT2D eigenvalue weighted by atomic mass is 10.2. The molecule has 5 nitrogen and oxygen atoms in total. The molecule has 0 radical (unpaired) electrons. The summed E-state index contributed by atoms with van der Waals surface area (Å²) in [5, 5.41) is 9.26. The van der Waals surface area contributed by atoms with Crippen LogP contribution in [-0.4, -0.2) is 19.8 Å². The van der Waals surface area contributed by atoms with Gasteiger partial charge in [-0.3, -0.25) is 4.55 Å². The Hall–Kier alpha value is -2.14. The third kappa shape index (κ3) is 2.97. The summed E-state index contributed by atoms with van der Waals surface area (Å²) >= 11 is -1.53. The number of benzene rings is 1. The normalized spacial score (nSPS) is 11.7. The maximum absolute atomic E-state index is 11.7. The van der Waals surface area contributed by atoms with Gasteiger partial charge >= 0.3 is 5.97 Å². The largest absolute Gasteiger partial charge is 0.477 e. The smallest absolute Gasteiger partial charge is 0.348 e. The molecule has 1 unspecified atom stereocenters. The van der Waals surface area contributed by atoms with E-state index in [0.717, 1.165) is 21.2 Å². The van der Waals surface area contributed by atoms with E-state index >= 15 is 0 Å². The first-order chi connectivity index (χ1) is 9.95. The molecule has 21 heavy (non-hydrogen) atoms. The van der Waals surface area contributed by atoms with Gasteiger partial charge in [0.1, 0.15) is 4.88 Å². The molecule has 1 aromatic heterocycles. The van der Waals surface area contributed by atoms with Crippen molar-refractivity contribution >= 4 is 39.9 Å². The van der Waals surface area contributed by atoms with E-state index in [2.05, 4.69) is 5.92 Å². The monoisotopic (exact) mass is 321 g/mol. The maximum atomic E-state index is 11.7. The van der Waals surface area contributed by atoms with Crippen LogP contribution in [0.1, 0.15) is 20.1 Å². The fourth-order valence-corrected chi connectivity index (χ4v) is 3.38. The van der Waals surface area contributed by atoms with Crippen molar-refractivity contribution in [2.45, 2.75) is 6.92 Å². The number of thiophene rings is 1. The van der Waals surface area contributed by atoms with Crippen molar-refractivity contribution in [1.29, 1.82) is 0 Å². The number of nitrogens with zero attached hydrogens (tertiary/aromatic N) is 1. The molecule has 0 saturated heterocycles. The van der Waals surface area contributed by atoms with Crippen molar-refractivity contribution in [3.05, 3.63) is 45.6 Å². The molecule has 0 aliphatic rings. The highest BCUT2D eigenvalue weighted by Crippen LogP contribution is 2.36. The minimum absolute atomic E-state index is 0.0754. The number of hydrogen-bond donors (Lipinski definition) is 2. The quantitative estimate of drug-likeness (QED) is 0.670. The Morgan fingerprint density at radius 3 is 2.57 bits per heavy atom. The van der Waals surface area contributed by atoms with Gasteiger partial charge in [0.25, 0.3) is 11.3 Å². The van der Waals surface area contributed by atoms with Gasteiger partial charge in [-0.05, 0) is 24.6 Å². The molecule has 2 aromatic rings. The molecule has 0 saturated carbocycles. The molecule has 7 heteroatoms. The summed E-state index contributed by atoms with van der Waals surface area (Å²) in [5.41, 5.74) is 1.29. The van der Waals surface area contributed by atoms with Crippen LogP contribution in [-0.2, 0) is 11.3 Å². The van der Waals surface area contributed by atoms with Crippen LogP contribution in [0.25, 0.3) is 0 Å². The fraction of sp³-hybridized carbons (Fsp3) is 0.0714. The van der Waals surface area contributed by atoms with Crippen LogP contribution in [0.5, 0.6) is 0 Å². The lowest BCUT2D eigenvalue weighted by Crippen LogP contribution is -2.21. The summed E-state index contributed by atoms with van der Waals surface area (Å²) in [6, 6.07) is 8.33. The zero-order valence-corrected chi connectivity index (χ0v) is 12.6. The van der Waals surface area contributed by atoms with E-state index < -0.39 is 17.2 Å². The lowest BCUT2D eigenvalue weighted by molar-refractivity contribution is 0.0703. The van der Waals surface area contributed by atoms with Gasteiger partial charge in [0, 0.05) is 0 Å². The second kappa shape index (κ2) is 6.10. The van der Waals surface area contributed by atoms with E-state index in [-0.39, 0.29) is 10.6 Å². The van der Waals surface area contributed by atoms with Crippen LogP contribution in [0.2, 0.25) is 0 Å². The van der Waals surface area contributed by atoms with E-state index in [4.69, 9.17) is 6.42 Å². The number of terminal acetylenes is 1.